The van der Waals surface area contributed by atoms with Crippen LogP contribution >= 0.6 is 11.3 Å². The lowest BCUT2D eigenvalue weighted by Crippen LogP contribution is -2.41. The van der Waals surface area contributed by atoms with Crippen LogP contribution in [-0.4, -0.2) is 36.3 Å². The van der Waals surface area contributed by atoms with Gasteiger partial charge in [-0.15, -0.1) is 17.9 Å². The molecule has 1 rings (SSSR count). The van der Waals surface area contributed by atoms with Crippen molar-refractivity contribution in [2.45, 2.75) is 6.54 Å². The maximum atomic E-state index is 11.9. The Morgan fingerprint density at radius 2 is 2.33 bits per heavy atom. The van der Waals surface area contributed by atoms with Crippen LogP contribution < -0.4 is 11.1 Å². The summed E-state index contributed by atoms with van der Waals surface area (Å²) >= 11 is 1.59. The van der Waals surface area contributed by atoms with Crippen molar-refractivity contribution >= 4 is 23.2 Å². The fourth-order valence-electron chi connectivity index (χ4n) is 1.36. The Morgan fingerprint density at radius 1 is 1.56 bits per heavy atom. The largest absolute Gasteiger partial charge is 0.346 e. The third-order valence-electron chi connectivity index (χ3n) is 2.25. The van der Waals surface area contributed by atoms with Gasteiger partial charge < -0.3 is 16.0 Å². The van der Waals surface area contributed by atoms with E-state index in [-0.39, 0.29) is 24.9 Å². The van der Waals surface area contributed by atoms with Crippen molar-refractivity contribution in [1.82, 2.24) is 10.2 Å². The Bertz CT molecular complexity index is 403. The summed E-state index contributed by atoms with van der Waals surface area (Å²) in [6.45, 7) is 4.46. The third kappa shape index (κ3) is 4.68. The average Bonchev–Trinajstić information content (AvgIpc) is 2.87. The molecule has 3 N–H and O–H groups in total. The van der Waals surface area contributed by atoms with Crippen LogP contribution in [0.3, 0.4) is 0 Å². The molecule has 0 bridgehead atoms. The highest BCUT2D eigenvalue weighted by Crippen LogP contribution is 2.11. The number of carbonyl (C=O) groups excluding carboxylic acids is 2. The normalized spacial score (nSPS) is 9.83. The molecule has 1 aromatic heterocycles. The van der Waals surface area contributed by atoms with Gasteiger partial charge in [0.15, 0.2) is 0 Å². The minimum atomic E-state index is -0.335. The topological polar surface area (TPSA) is 75.4 Å². The summed E-state index contributed by atoms with van der Waals surface area (Å²) in [6.07, 6.45) is 1.66. The maximum absolute atomic E-state index is 11.9. The quantitative estimate of drug-likeness (QED) is 0.699. The zero-order valence-electron chi connectivity index (χ0n) is 10.1. The van der Waals surface area contributed by atoms with Crippen molar-refractivity contribution in [3.63, 3.8) is 0 Å². The Hall–Kier alpha value is -1.66. The van der Waals surface area contributed by atoms with Crippen LogP contribution in [0.2, 0.25) is 0 Å². The molecule has 0 aliphatic rings. The molecule has 98 valence electrons. The Morgan fingerprint density at radius 3 is 2.89 bits per heavy atom. The molecule has 1 aromatic rings. The van der Waals surface area contributed by atoms with Crippen molar-refractivity contribution in [1.29, 1.82) is 0 Å². The first kappa shape index (κ1) is 14.4. The van der Waals surface area contributed by atoms with Crippen LogP contribution in [-0.2, 0) is 16.1 Å². The molecule has 0 fully saturated rings. The summed E-state index contributed by atoms with van der Waals surface area (Å²) in [4.78, 5) is 25.6. The highest BCUT2D eigenvalue weighted by Gasteiger charge is 2.13. The van der Waals surface area contributed by atoms with Crippen LogP contribution in [0.1, 0.15) is 4.88 Å². The van der Waals surface area contributed by atoms with E-state index in [4.69, 9.17) is 5.73 Å². The molecule has 5 nitrogen and oxygen atoms in total. The van der Waals surface area contributed by atoms with Gasteiger partial charge in [-0.2, -0.15) is 0 Å². The third-order valence-corrected chi connectivity index (χ3v) is 3.11. The van der Waals surface area contributed by atoms with Crippen molar-refractivity contribution < 1.29 is 9.59 Å². The molecule has 0 saturated heterocycles. The predicted octanol–water partition coefficient (Wildman–Crippen LogP) is 0.338. The number of carbonyl (C=O) groups is 2. The zero-order chi connectivity index (χ0) is 13.4. The molecule has 6 heteroatoms. The lowest BCUT2D eigenvalue weighted by atomic mass is 10.3. The highest BCUT2D eigenvalue weighted by molar-refractivity contribution is 7.09. The highest BCUT2D eigenvalue weighted by atomic mass is 32.1. The molecule has 0 unspecified atom stereocenters. The van der Waals surface area contributed by atoms with Gasteiger partial charge >= 0.3 is 0 Å². The van der Waals surface area contributed by atoms with Gasteiger partial charge in [-0.1, -0.05) is 12.1 Å². The van der Waals surface area contributed by atoms with Gasteiger partial charge in [0.25, 0.3) is 0 Å². The van der Waals surface area contributed by atoms with Crippen LogP contribution in [0.4, 0.5) is 0 Å². The number of rotatable bonds is 7. The van der Waals surface area contributed by atoms with Crippen LogP contribution in [0.15, 0.2) is 30.2 Å². The van der Waals surface area contributed by atoms with E-state index < -0.39 is 0 Å². The summed E-state index contributed by atoms with van der Waals surface area (Å²) in [5, 5.41) is 4.42. The van der Waals surface area contributed by atoms with Gasteiger partial charge in [-0.05, 0) is 11.4 Å². The first-order chi connectivity index (χ1) is 8.67. The summed E-state index contributed by atoms with van der Waals surface area (Å²) in [6, 6.07) is 3.90. The van der Waals surface area contributed by atoms with E-state index >= 15 is 0 Å². The van der Waals surface area contributed by atoms with Crippen molar-refractivity contribution in [2.24, 2.45) is 5.73 Å². The van der Waals surface area contributed by atoms with Gasteiger partial charge in [-0.25, -0.2) is 0 Å². The monoisotopic (exact) mass is 267 g/mol. The van der Waals surface area contributed by atoms with Gasteiger partial charge in [0.2, 0.25) is 11.8 Å². The Labute approximate surface area is 110 Å². The van der Waals surface area contributed by atoms with Crippen molar-refractivity contribution in [2.75, 3.05) is 19.6 Å². The second-order valence-corrected chi connectivity index (χ2v) is 4.66. The Kier molecular flexibility index (Phi) is 6.10. The number of amides is 2. The van der Waals surface area contributed by atoms with E-state index in [1.54, 1.807) is 22.3 Å². The molecule has 2 amide bonds. The number of thiophene rings is 1. The van der Waals surface area contributed by atoms with E-state index in [0.29, 0.717) is 13.1 Å². The molecule has 0 saturated carbocycles. The fourth-order valence-corrected chi connectivity index (χ4v) is 2.08. The van der Waals surface area contributed by atoms with Crippen LogP contribution in [0.5, 0.6) is 0 Å². The molecule has 0 aliphatic heterocycles. The summed E-state index contributed by atoms with van der Waals surface area (Å²) in [7, 11) is 0. The summed E-state index contributed by atoms with van der Waals surface area (Å²) in [5.41, 5.74) is 5.15. The second-order valence-electron chi connectivity index (χ2n) is 3.62. The molecular weight excluding hydrogens is 250 g/mol. The smallest absolute Gasteiger partial charge is 0.242 e. The number of nitrogens with one attached hydrogen (secondary N) is 1. The standard InChI is InChI=1S/C12H17N3O2S/c1-2-5-15(9-10-4-3-6-18-10)12(17)8-14-11(16)7-13/h2-4,6H,1,5,7-9,13H2,(H,14,16). The van der Waals surface area contributed by atoms with Crippen molar-refractivity contribution in [3.05, 3.63) is 35.0 Å². The predicted molar refractivity (Wildman–Crippen MR) is 72.0 cm³/mol. The molecule has 0 atom stereocenters. The molecule has 0 aromatic carbocycles. The fraction of sp³-hybridized carbons (Fsp3) is 0.333. The molecule has 18 heavy (non-hydrogen) atoms. The number of nitrogens with two attached hydrogens (primary N) is 1. The molecule has 0 spiro atoms. The van der Waals surface area contributed by atoms with Crippen LogP contribution in [0.25, 0.3) is 0 Å². The average molecular weight is 267 g/mol. The van der Waals surface area contributed by atoms with E-state index in [1.807, 2.05) is 17.5 Å². The minimum Gasteiger partial charge on any atom is -0.346 e. The lowest BCUT2D eigenvalue weighted by molar-refractivity contribution is -0.132. The van der Waals surface area contributed by atoms with E-state index in [2.05, 4.69) is 11.9 Å². The lowest BCUT2D eigenvalue weighted by Gasteiger charge is -2.20. The van der Waals surface area contributed by atoms with E-state index in [1.165, 1.54) is 0 Å². The molecule has 0 radical (unpaired) electrons. The van der Waals surface area contributed by atoms with Gasteiger partial charge in [0.05, 0.1) is 19.6 Å². The zero-order valence-corrected chi connectivity index (χ0v) is 10.9. The van der Waals surface area contributed by atoms with Crippen LogP contribution in [0, 0.1) is 0 Å². The molecule has 0 aliphatic carbocycles. The first-order valence-electron chi connectivity index (χ1n) is 5.55. The minimum absolute atomic E-state index is 0.0325. The van der Waals surface area contributed by atoms with Crippen molar-refractivity contribution in [3.8, 4) is 0 Å². The SMILES string of the molecule is C=CCN(Cc1cccs1)C(=O)CNC(=O)CN. The number of hydrogen-bond acceptors (Lipinski definition) is 4. The Balaban J connectivity index is 2.52. The number of nitrogens with zero attached hydrogens (tertiary/aromatic N) is 1. The maximum Gasteiger partial charge on any atom is 0.242 e. The number of hydrogen-bond donors (Lipinski definition) is 2. The first-order valence-corrected chi connectivity index (χ1v) is 6.43. The molecule has 1 heterocycles. The summed E-state index contributed by atoms with van der Waals surface area (Å²) in [5.74, 6) is -0.483. The second kappa shape index (κ2) is 7.62. The van der Waals surface area contributed by atoms with E-state index in [9.17, 15) is 9.59 Å². The molecular formula is C12H17N3O2S. The van der Waals surface area contributed by atoms with Gasteiger partial charge in [-0.3, -0.25) is 9.59 Å². The van der Waals surface area contributed by atoms with Gasteiger partial charge in [0, 0.05) is 11.4 Å². The van der Waals surface area contributed by atoms with Gasteiger partial charge in [0.1, 0.15) is 0 Å². The van der Waals surface area contributed by atoms with E-state index in [0.717, 1.165) is 4.88 Å². The summed E-state index contributed by atoms with van der Waals surface area (Å²) < 4.78 is 0.